The molecular weight excluding hydrogens is 388 g/mol. The van der Waals surface area contributed by atoms with Crippen LogP contribution in [0.15, 0.2) is 97.2 Å². The Balaban J connectivity index is 1.52. The molecule has 0 aliphatic rings. The molecule has 5 heteroatoms. The molecule has 0 amide bonds. The van der Waals surface area contributed by atoms with Gasteiger partial charge in [0, 0.05) is 33.6 Å². The second-order valence-electron chi connectivity index (χ2n) is 7.20. The number of H-pyrrole nitrogens is 1. The number of hydrogen-bond donors (Lipinski definition) is 1. The highest BCUT2D eigenvalue weighted by Crippen LogP contribution is 2.28. The maximum atomic E-state index is 13.5. The Hall–Kier alpha value is -4.25. The number of rotatable bonds is 5. The monoisotopic (exact) mass is 406 g/mol. The Morgan fingerprint density at radius 3 is 2.42 bits per heavy atom. The molecule has 3 aromatic carbocycles. The first-order valence-corrected chi connectivity index (χ1v) is 9.93. The van der Waals surface area contributed by atoms with Gasteiger partial charge in [-0.05, 0) is 18.2 Å². The van der Waals surface area contributed by atoms with Crippen molar-refractivity contribution in [2.75, 3.05) is 0 Å². The van der Waals surface area contributed by atoms with Gasteiger partial charge < -0.3 is 9.72 Å². The predicted octanol–water partition coefficient (Wildman–Crippen LogP) is 5.50. The minimum absolute atomic E-state index is 0.159. The lowest BCUT2D eigenvalue weighted by atomic mass is 9.99. The van der Waals surface area contributed by atoms with E-state index in [1.165, 1.54) is 0 Å². The Kier molecular flexibility index (Phi) is 4.77. The summed E-state index contributed by atoms with van der Waals surface area (Å²) in [5.74, 6) is -0.939. The maximum Gasteiger partial charge on any atom is 0.358 e. The van der Waals surface area contributed by atoms with Crippen molar-refractivity contribution in [3.63, 3.8) is 0 Å². The van der Waals surface area contributed by atoms with E-state index in [9.17, 15) is 9.59 Å². The van der Waals surface area contributed by atoms with Crippen molar-refractivity contribution < 1.29 is 14.3 Å². The molecule has 2 heterocycles. The fourth-order valence-corrected chi connectivity index (χ4v) is 3.66. The molecule has 0 saturated carbocycles. The first-order chi connectivity index (χ1) is 15.2. The summed E-state index contributed by atoms with van der Waals surface area (Å²) in [6, 6.07) is 27.5. The zero-order chi connectivity index (χ0) is 21.2. The molecule has 0 radical (unpaired) electrons. The number of esters is 1. The van der Waals surface area contributed by atoms with Crippen molar-refractivity contribution in [1.29, 1.82) is 0 Å². The van der Waals surface area contributed by atoms with E-state index < -0.39 is 12.1 Å². The predicted molar refractivity (Wildman–Crippen MR) is 119 cm³/mol. The van der Waals surface area contributed by atoms with Crippen LogP contribution in [0.4, 0.5) is 0 Å². The number of aromatic amines is 1. The van der Waals surface area contributed by atoms with E-state index in [2.05, 4.69) is 9.97 Å². The van der Waals surface area contributed by atoms with Gasteiger partial charge in [0.1, 0.15) is 5.69 Å². The molecule has 0 saturated heterocycles. The molecule has 5 rings (SSSR count). The number of aromatic nitrogens is 2. The summed E-state index contributed by atoms with van der Waals surface area (Å²) in [6.45, 7) is 0. The molecule has 0 aliphatic heterocycles. The summed E-state index contributed by atoms with van der Waals surface area (Å²) in [6.07, 6.45) is 0.576. The van der Waals surface area contributed by atoms with E-state index in [0.717, 1.165) is 16.3 Å². The topological polar surface area (TPSA) is 72.1 Å². The van der Waals surface area contributed by atoms with Crippen LogP contribution in [-0.4, -0.2) is 21.7 Å². The maximum absolute atomic E-state index is 13.5. The number of Topliss-reactive ketones (excluding diaryl/α,β-unsaturated/α-hetero) is 1. The summed E-state index contributed by atoms with van der Waals surface area (Å²) in [5, 5.41) is 1.71. The van der Waals surface area contributed by atoms with Crippen LogP contribution < -0.4 is 0 Å². The Bertz CT molecular complexity index is 1410. The SMILES string of the molecule is O=C(O[C@@H](C(=O)c1c[nH]c2ccccc12)c1ccccc1)c1ccc2ccccc2n1. The highest BCUT2D eigenvalue weighted by molar-refractivity contribution is 6.11. The van der Waals surface area contributed by atoms with Crippen LogP contribution in [0, 0.1) is 0 Å². The molecule has 0 unspecified atom stereocenters. The summed E-state index contributed by atoms with van der Waals surface area (Å²) >= 11 is 0. The smallest absolute Gasteiger partial charge is 0.358 e. The normalized spacial score (nSPS) is 12.0. The second-order valence-corrected chi connectivity index (χ2v) is 7.20. The van der Waals surface area contributed by atoms with Crippen LogP contribution in [-0.2, 0) is 4.74 Å². The summed E-state index contributed by atoms with van der Waals surface area (Å²) in [5.41, 5.74) is 2.78. The standard InChI is InChI=1S/C26H18N2O3/c29-24(20-16-27-22-13-7-5-11-19(20)22)25(18-9-2-1-3-10-18)31-26(30)23-15-14-17-8-4-6-12-21(17)28-23/h1-16,25,27H/t25-/m1/s1. The molecule has 2 aromatic heterocycles. The molecular formula is C26H18N2O3. The van der Waals surface area contributed by atoms with Crippen LogP contribution in [0.25, 0.3) is 21.8 Å². The van der Waals surface area contributed by atoms with Crippen LogP contribution in [0.5, 0.6) is 0 Å². The average molecular weight is 406 g/mol. The van der Waals surface area contributed by atoms with Gasteiger partial charge >= 0.3 is 5.97 Å². The van der Waals surface area contributed by atoms with Crippen LogP contribution in [0.2, 0.25) is 0 Å². The zero-order valence-corrected chi connectivity index (χ0v) is 16.5. The largest absolute Gasteiger partial charge is 0.444 e. The molecule has 5 nitrogen and oxygen atoms in total. The Morgan fingerprint density at radius 2 is 1.55 bits per heavy atom. The summed E-state index contributed by atoms with van der Waals surface area (Å²) in [7, 11) is 0. The van der Waals surface area contributed by atoms with Crippen LogP contribution in [0.3, 0.4) is 0 Å². The molecule has 1 N–H and O–H groups in total. The number of carbonyl (C=O) groups is 2. The number of pyridine rings is 1. The van der Waals surface area contributed by atoms with Gasteiger partial charge in [-0.1, -0.05) is 72.8 Å². The molecule has 1 atom stereocenters. The van der Waals surface area contributed by atoms with Crippen LogP contribution >= 0.6 is 0 Å². The van der Waals surface area contributed by atoms with Crippen molar-refractivity contribution in [2.24, 2.45) is 0 Å². The molecule has 0 fully saturated rings. The fraction of sp³-hybridized carbons (Fsp3) is 0.0385. The van der Waals surface area contributed by atoms with Gasteiger partial charge in [0.05, 0.1) is 5.52 Å². The van der Waals surface area contributed by atoms with E-state index in [0.29, 0.717) is 16.6 Å². The summed E-state index contributed by atoms with van der Waals surface area (Å²) in [4.78, 5) is 34.0. The van der Waals surface area contributed by atoms with Gasteiger partial charge in [0.2, 0.25) is 5.78 Å². The van der Waals surface area contributed by atoms with Crippen LogP contribution in [0.1, 0.15) is 32.5 Å². The molecule has 0 spiro atoms. The third kappa shape index (κ3) is 3.57. The fourth-order valence-electron chi connectivity index (χ4n) is 3.66. The molecule has 0 aliphatic carbocycles. The number of carbonyl (C=O) groups excluding carboxylic acids is 2. The quantitative estimate of drug-likeness (QED) is 0.309. The van der Waals surface area contributed by atoms with E-state index in [4.69, 9.17) is 4.74 Å². The molecule has 31 heavy (non-hydrogen) atoms. The molecule has 150 valence electrons. The van der Waals surface area contributed by atoms with Gasteiger partial charge in [0.15, 0.2) is 6.10 Å². The minimum atomic E-state index is -1.08. The van der Waals surface area contributed by atoms with Crippen molar-refractivity contribution in [2.45, 2.75) is 6.10 Å². The van der Waals surface area contributed by atoms with Gasteiger partial charge in [-0.2, -0.15) is 0 Å². The lowest BCUT2D eigenvalue weighted by molar-refractivity contribution is 0.0275. The van der Waals surface area contributed by atoms with Crippen molar-refractivity contribution in [3.05, 3.63) is 114 Å². The lowest BCUT2D eigenvalue weighted by Crippen LogP contribution is -2.20. The van der Waals surface area contributed by atoms with E-state index >= 15 is 0 Å². The number of ketones is 1. The van der Waals surface area contributed by atoms with E-state index in [-0.39, 0.29) is 11.5 Å². The number of ether oxygens (including phenoxy) is 1. The number of hydrogen-bond acceptors (Lipinski definition) is 4. The van der Waals surface area contributed by atoms with Gasteiger partial charge in [-0.15, -0.1) is 0 Å². The van der Waals surface area contributed by atoms with E-state index in [1.807, 2.05) is 72.8 Å². The number of nitrogens with one attached hydrogen (secondary N) is 1. The van der Waals surface area contributed by atoms with Gasteiger partial charge in [-0.3, -0.25) is 4.79 Å². The zero-order valence-electron chi connectivity index (χ0n) is 16.5. The first-order valence-electron chi connectivity index (χ1n) is 9.93. The Labute approximate surface area is 178 Å². The van der Waals surface area contributed by atoms with Gasteiger partial charge in [-0.25, -0.2) is 9.78 Å². The molecule has 0 bridgehead atoms. The second kappa shape index (κ2) is 7.88. The number of benzene rings is 3. The third-order valence-electron chi connectivity index (χ3n) is 5.23. The first kappa shape index (κ1) is 18.8. The van der Waals surface area contributed by atoms with Crippen molar-refractivity contribution in [1.82, 2.24) is 9.97 Å². The molecule has 5 aromatic rings. The summed E-state index contributed by atoms with van der Waals surface area (Å²) < 4.78 is 5.74. The number of para-hydroxylation sites is 2. The highest BCUT2D eigenvalue weighted by Gasteiger charge is 2.29. The number of nitrogens with zero attached hydrogens (tertiary/aromatic N) is 1. The Morgan fingerprint density at radius 1 is 0.806 bits per heavy atom. The van der Waals surface area contributed by atoms with E-state index in [1.54, 1.807) is 24.4 Å². The number of fused-ring (bicyclic) bond motifs is 2. The third-order valence-corrected chi connectivity index (χ3v) is 5.23. The lowest BCUT2D eigenvalue weighted by Gasteiger charge is -2.17. The van der Waals surface area contributed by atoms with Crippen molar-refractivity contribution in [3.8, 4) is 0 Å². The highest BCUT2D eigenvalue weighted by atomic mass is 16.5. The minimum Gasteiger partial charge on any atom is -0.444 e. The van der Waals surface area contributed by atoms with Crippen molar-refractivity contribution >= 4 is 33.6 Å². The van der Waals surface area contributed by atoms with Gasteiger partial charge in [0.25, 0.3) is 0 Å². The average Bonchev–Trinajstić information content (AvgIpc) is 3.26.